The Morgan fingerprint density at radius 1 is 0.857 bits per heavy atom. The van der Waals surface area contributed by atoms with Gasteiger partial charge in [-0.25, -0.2) is 0 Å². The molecule has 1 aliphatic heterocycles. The lowest BCUT2D eigenvalue weighted by Crippen LogP contribution is -2.37. The first-order valence-electron chi connectivity index (χ1n) is 7.39. The quantitative estimate of drug-likeness (QED) is 0.328. The van der Waals surface area contributed by atoms with Crippen molar-refractivity contribution in [1.82, 2.24) is 0 Å². The molecular formula is C17H29Cl2OP. The summed E-state index contributed by atoms with van der Waals surface area (Å²) in [5, 5.41) is 1.54. The molecule has 0 N–H and O–H groups in total. The van der Waals surface area contributed by atoms with Crippen LogP contribution in [0.1, 0.15) is 62.3 Å². The van der Waals surface area contributed by atoms with Gasteiger partial charge in [0.2, 0.25) is 6.49 Å². The number of hydrogen-bond donors (Lipinski definition) is 0. The highest BCUT2D eigenvalue weighted by molar-refractivity contribution is 7.95. The van der Waals surface area contributed by atoms with E-state index in [-0.39, 0.29) is 16.2 Å². The minimum absolute atomic E-state index is 0.196. The van der Waals surface area contributed by atoms with Crippen LogP contribution in [0.4, 0.5) is 0 Å². The Kier molecular flexibility index (Phi) is 4.74. The summed E-state index contributed by atoms with van der Waals surface area (Å²) in [6.07, 6.45) is 3.88. The molecule has 0 aliphatic carbocycles. The Labute approximate surface area is 140 Å². The van der Waals surface area contributed by atoms with E-state index in [0.29, 0.717) is 0 Å². The summed E-state index contributed by atoms with van der Waals surface area (Å²) >= 11 is 13.6. The largest absolute Gasteiger partial charge is 0.297 e. The van der Waals surface area contributed by atoms with Crippen molar-refractivity contribution in [3.05, 3.63) is 22.8 Å². The molecular weight excluding hydrogens is 322 g/mol. The summed E-state index contributed by atoms with van der Waals surface area (Å²) in [4.78, 5) is -0.680. The molecule has 0 fully saturated rings. The molecule has 0 saturated heterocycles. The van der Waals surface area contributed by atoms with Crippen molar-refractivity contribution in [3.8, 4) is 0 Å². The Morgan fingerprint density at radius 3 is 1.33 bits per heavy atom. The molecule has 1 heterocycles. The first-order valence-corrected chi connectivity index (χ1v) is 10.4. The van der Waals surface area contributed by atoms with Crippen LogP contribution < -0.4 is 0 Å². The van der Waals surface area contributed by atoms with Crippen LogP contribution in [0.3, 0.4) is 0 Å². The highest BCUT2D eigenvalue weighted by Crippen LogP contribution is 2.76. The average Bonchev–Trinajstić information content (AvgIpc) is 2.16. The van der Waals surface area contributed by atoms with Gasteiger partial charge in [0.1, 0.15) is 0 Å². The van der Waals surface area contributed by atoms with Crippen LogP contribution in [0.2, 0.25) is 0 Å². The molecule has 0 spiro atoms. The molecule has 0 unspecified atom stereocenters. The lowest BCUT2D eigenvalue weighted by atomic mass is 9.76. The predicted octanol–water partition coefficient (Wildman–Crippen LogP) is 7.40. The van der Waals surface area contributed by atoms with Crippen molar-refractivity contribution in [3.63, 3.8) is 0 Å². The van der Waals surface area contributed by atoms with E-state index >= 15 is 0 Å². The standard InChI is InChI=1S/C17H29Cl2OP/c1-14(2,3)12-10-17(18,16(7,8)9)11-13(15(4,5)6)21(12,19)20/h10-11H,1-9H3. The molecule has 1 aliphatic rings. The molecule has 21 heavy (non-hydrogen) atoms. The second-order valence-corrected chi connectivity index (χ2v) is 13.2. The van der Waals surface area contributed by atoms with Gasteiger partial charge in [-0.15, -0.1) is 11.6 Å². The minimum atomic E-state index is -3.09. The summed E-state index contributed by atoms with van der Waals surface area (Å²) in [5.74, 6) is 0. The lowest BCUT2D eigenvalue weighted by molar-refractivity contribution is 0.357. The molecule has 1 nitrogen and oxygen atoms in total. The van der Waals surface area contributed by atoms with Gasteiger partial charge in [0, 0.05) is 10.6 Å². The van der Waals surface area contributed by atoms with Crippen molar-refractivity contribution < 1.29 is 4.57 Å². The third-order valence-corrected chi connectivity index (χ3v) is 8.72. The molecule has 0 saturated carbocycles. The summed E-state index contributed by atoms with van der Waals surface area (Å²) in [7, 11) is 0. The zero-order valence-electron chi connectivity index (χ0n) is 14.8. The Bertz CT molecular complexity index is 501. The molecule has 0 radical (unpaired) electrons. The van der Waals surface area contributed by atoms with E-state index in [2.05, 4.69) is 20.8 Å². The van der Waals surface area contributed by atoms with Gasteiger partial charge in [0.25, 0.3) is 0 Å². The maximum atomic E-state index is 13.4. The second-order valence-electron chi connectivity index (χ2n) is 9.11. The van der Waals surface area contributed by atoms with Crippen LogP contribution in [0, 0.1) is 16.2 Å². The van der Waals surface area contributed by atoms with Gasteiger partial charge < -0.3 is 0 Å². The molecule has 0 aromatic carbocycles. The molecule has 0 atom stereocenters. The molecule has 1 rings (SSSR count). The van der Waals surface area contributed by atoms with E-state index in [9.17, 15) is 4.57 Å². The number of allylic oxidation sites excluding steroid dienone is 4. The molecule has 0 aromatic heterocycles. The number of hydrogen-bond acceptors (Lipinski definition) is 1. The highest BCUT2D eigenvalue weighted by atomic mass is 35.7. The van der Waals surface area contributed by atoms with Gasteiger partial charge in [-0.1, -0.05) is 74.5 Å². The van der Waals surface area contributed by atoms with Crippen molar-refractivity contribution >= 4 is 29.3 Å². The highest BCUT2D eigenvalue weighted by Gasteiger charge is 2.50. The Balaban J connectivity index is 3.74. The molecule has 4 heteroatoms. The van der Waals surface area contributed by atoms with Crippen LogP contribution in [-0.4, -0.2) is 4.87 Å². The number of alkyl halides is 1. The Hall–Kier alpha value is 0.290. The maximum Gasteiger partial charge on any atom is 0.218 e. The van der Waals surface area contributed by atoms with Crippen molar-refractivity contribution in [2.45, 2.75) is 67.2 Å². The fourth-order valence-electron chi connectivity index (χ4n) is 2.46. The molecule has 0 amide bonds. The fraction of sp³-hybridized carbons (Fsp3) is 0.765. The summed E-state index contributed by atoms with van der Waals surface area (Å²) in [5.41, 5.74) is -0.764. The zero-order chi connectivity index (χ0) is 17.1. The van der Waals surface area contributed by atoms with Gasteiger partial charge in [0.05, 0.1) is 4.87 Å². The van der Waals surface area contributed by atoms with E-state index in [4.69, 9.17) is 22.8 Å². The molecule has 0 aromatic rings. The van der Waals surface area contributed by atoms with E-state index < -0.39 is 11.4 Å². The van der Waals surface area contributed by atoms with Crippen molar-refractivity contribution in [1.29, 1.82) is 0 Å². The van der Waals surface area contributed by atoms with E-state index in [1.54, 1.807) is 0 Å². The fourth-order valence-corrected chi connectivity index (χ4v) is 7.37. The van der Waals surface area contributed by atoms with Gasteiger partial charge in [-0.3, -0.25) is 4.57 Å². The van der Waals surface area contributed by atoms with E-state index in [0.717, 1.165) is 10.6 Å². The predicted molar refractivity (Wildman–Crippen MR) is 96.6 cm³/mol. The van der Waals surface area contributed by atoms with Crippen LogP contribution in [-0.2, 0) is 4.57 Å². The van der Waals surface area contributed by atoms with Gasteiger partial charge in [-0.05, 0) is 27.5 Å². The monoisotopic (exact) mass is 350 g/mol. The SMILES string of the molecule is CC(C)(C)C1=CC(Cl)(C(C)(C)C)C=C(C(C)(C)C)P1(=O)Cl. The maximum absolute atomic E-state index is 13.4. The number of halogens is 2. The summed E-state index contributed by atoms with van der Waals surface area (Å²) in [6, 6.07) is 0. The van der Waals surface area contributed by atoms with Crippen LogP contribution >= 0.6 is 29.3 Å². The van der Waals surface area contributed by atoms with Gasteiger partial charge >= 0.3 is 0 Å². The van der Waals surface area contributed by atoms with Crippen LogP contribution in [0.15, 0.2) is 22.8 Å². The third kappa shape index (κ3) is 3.62. The van der Waals surface area contributed by atoms with Crippen molar-refractivity contribution in [2.24, 2.45) is 16.2 Å². The smallest absolute Gasteiger partial charge is 0.218 e. The number of rotatable bonds is 0. The van der Waals surface area contributed by atoms with Crippen LogP contribution in [0.25, 0.3) is 0 Å². The first-order chi connectivity index (χ1) is 8.93. The van der Waals surface area contributed by atoms with E-state index in [1.165, 1.54) is 0 Å². The first kappa shape index (κ1) is 19.3. The molecule has 122 valence electrons. The van der Waals surface area contributed by atoms with Gasteiger partial charge in [-0.2, -0.15) is 0 Å². The minimum Gasteiger partial charge on any atom is -0.297 e. The lowest BCUT2D eigenvalue weighted by Gasteiger charge is -2.44. The van der Waals surface area contributed by atoms with Crippen molar-refractivity contribution in [2.75, 3.05) is 0 Å². The second kappa shape index (κ2) is 5.15. The summed E-state index contributed by atoms with van der Waals surface area (Å²) in [6.45, 7) is 15.4. The van der Waals surface area contributed by atoms with Gasteiger partial charge in [0.15, 0.2) is 0 Å². The van der Waals surface area contributed by atoms with E-state index in [1.807, 2.05) is 53.7 Å². The Morgan fingerprint density at radius 2 is 1.14 bits per heavy atom. The zero-order valence-corrected chi connectivity index (χ0v) is 17.2. The third-order valence-electron chi connectivity index (χ3n) is 4.00. The topological polar surface area (TPSA) is 17.1 Å². The average molecular weight is 351 g/mol. The molecule has 0 bridgehead atoms. The van der Waals surface area contributed by atoms with Crippen LogP contribution in [0.5, 0.6) is 0 Å². The summed E-state index contributed by atoms with van der Waals surface area (Å²) < 4.78 is 13.4. The normalized spacial score (nSPS) is 31.8.